The van der Waals surface area contributed by atoms with Crippen molar-refractivity contribution < 1.29 is 14.8 Å². The molecule has 0 spiro atoms. The molecule has 1 heterocycles. The minimum absolute atomic E-state index is 0.00503. The van der Waals surface area contributed by atoms with Gasteiger partial charge in [-0.1, -0.05) is 17.7 Å². The van der Waals surface area contributed by atoms with Gasteiger partial charge in [-0.2, -0.15) is 0 Å². The zero-order valence-corrected chi connectivity index (χ0v) is 11.5. The molecule has 0 amide bonds. The quantitative estimate of drug-likeness (QED) is 0.428. The molecular formula is C14H7ClN2O5. The molecule has 0 aliphatic heterocycles. The maximum absolute atomic E-state index is 12.5. The van der Waals surface area contributed by atoms with Gasteiger partial charge >= 0.3 is 5.97 Å². The summed E-state index contributed by atoms with van der Waals surface area (Å²) in [7, 11) is 0. The van der Waals surface area contributed by atoms with Gasteiger partial charge in [-0.3, -0.25) is 14.9 Å². The predicted octanol–water partition coefficient (Wildman–Crippen LogP) is 2.94. The number of hydrogen-bond donors (Lipinski definition) is 2. The van der Waals surface area contributed by atoms with E-state index in [9.17, 15) is 24.8 Å². The number of aromatic nitrogens is 1. The van der Waals surface area contributed by atoms with Gasteiger partial charge in [0.1, 0.15) is 5.52 Å². The van der Waals surface area contributed by atoms with Crippen molar-refractivity contribution in [2.75, 3.05) is 0 Å². The number of hydrogen-bond acceptors (Lipinski definition) is 4. The molecule has 0 bridgehead atoms. The molecule has 3 aromatic rings. The molecule has 1 aromatic heterocycles. The summed E-state index contributed by atoms with van der Waals surface area (Å²) < 4.78 is 0. The SMILES string of the molecule is O=C(O)c1ccc(Cl)c2c(=O)c3cccc([N+](=O)[O-])c3[nH]c12. The fraction of sp³-hybridized carbons (Fsp3) is 0. The number of para-hydroxylation sites is 1. The number of halogens is 1. The normalized spacial score (nSPS) is 11.0. The van der Waals surface area contributed by atoms with Crippen molar-refractivity contribution in [1.82, 2.24) is 4.98 Å². The van der Waals surface area contributed by atoms with E-state index in [4.69, 9.17) is 11.6 Å². The molecule has 0 atom stereocenters. The molecule has 3 rings (SSSR count). The van der Waals surface area contributed by atoms with E-state index in [1.807, 2.05) is 0 Å². The number of benzene rings is 2. The number of nitrogens with one attached hydrogen (secondary N) is 1. The summed E-state index contributed by atoms with van der Waals surface area (Å²) in [5.74, 6) is -1.27. The van der Waals surface area contributed by atoms with Crippen LogP contribution in [0.2, 0.25) is 5.02 Å². The lowest BCUT2D eigenvalue weighted by Crippen LogP contribution is -2.09. The Morgan fingerprint density at radius 2 is 1.95 bits per heavy atom. The summed E-state index contributed by atoms with van der Waals surface area (Å²) in [6, 6.07) is 6.59. The highest BCUT2D eigenvalue weighted by Gasteiger charge is 2.20. The number of carbonyl (C=O) groups is 1. The molecule has 2 aromatic carbocycles. The van der Waals surface area contributed by atoms with Crippen LogP contribution in [0.1, 0.15) is 10.4 Å². The van der Waals surface area contributed by atoms with Gasteiger partial charge < -0.3 is 10.1 Å². The summed E-state index contributed by atoms with van der Waals surface area (Å²) in [6.07, 6.45) is 0. The van der Waals surface area contributed by atoms with Crippen molar-refractivity contribution >= 4 is 45.1 Å². The first-order valence-electron chi connectivity index (χ1n) is 6.06. The summed E-state index contributed by atoms with van der Waals surface area (Å²) in [5, 5.41) is 20.5. The van der Waals surface area contributed by atoms with Gasteiger partial charge in [0, 0.05) is 6.07 Å². The highest BCUT2D eigenvalue weighted by molar-refractivity contribution is 6.36. The van der Waals surface area contributed by atoms with E-state index in [-0.39, 0.29) is 38.1 Å². The number of fused-ring (bicyclic) bond motifs is 2. The van der Waals surface area contributed by atoms with E-state index in [1.165, 1.54) is 30.3 Å². The van der Waals surface area contributed by atoms with Crippen LogP contribution in [0.15, 0.2) is 35.1 Å². The molecule has 0 aliphatic carbocycles. The Labute approximate surface area is 126 Å². The van der Waals surface area contributed by atoms with Crippen molar-refractivity contribution in [3.63, 3.8) is 0 Å². The average molecular weight is 319 g/mol. The molecular weight excluding hydrogens is 312 g/mol. The fourth-order valence-corrected chi connectivity index (χ4v) is 2.62. The first-order chi connectivity index (χ1) is 10.4. The molecule has 0 aliphatic rings. The number of nitro benzene ring substituents is 1. The van der Waals surface area contributed by atoms with Crippen molar-refractivity contribution in [3.8, 4) is 0 Å². The Morgan fingerprint density at radius 3 is 2.59 bits per heavy atom. The Bertz CT molecular complexity index is 1030. The number of nitro groups is 1. The van der Waals surface area contributed by atoms with E-state index >= 15 is 0 Å². The number of aromatic amines is 1. The average Bonchev–Trinajstić information content (AvgIpc) is 2.46. The number of pyridine rings is 1. The van der Waals surface area contributed by atoms with Crippen molar-refractivity contribution in [1.29, 1.82) is 0 Å². The molecule has 0 fully saturated rings. The standard InChI is InChI=1S/C14H7ClN2O5/c15-8-5-4-7(14(19)20)12-10(8)13(18)6-2-1-3-9(17(21)22)11(6)16-12/h1-5H,(H,16,18)(H,19,20). The Hall–Kier alpha value is -2.93. The number of aromatic carboxylic acids is 1. The van der Waals surface area contributed by atoms with Crippen LogP contribution in [-0.4, -0.2) is 21.0 Å². The van der Waals surface area contributed by atoms with Crippen LogP contribution in [0.25, 0.3) is 21.8 Å². The predicted molar refractivity (Wildman–Crippen MR) is 80.7 cm³/mol. The van der Waals surface area contributed by atoms with E-state index in [0.29, 0.717) is 0 Å². The lowest BCUT2D eigenvalue weighted by Gasteiger charge is -2.07. The molecule has 7 nitrogen and oxygen atoms in total. The minimum atomic E-state index is -1.27. The summed E-state index contributed by atoms with van der Waals surface area (Å²) in [4.78, 5) is 37.0. The molecule has 0 saturated carbocycles. The van der Waals surface area contributed by atoms with Gasteiger partial charge in [0.25, 0.3) is 5.69 Å². The molecule has 0 unspecified atom stereocenters. The zero-order chi connectivity index (χ0) is 16.0. The molecule has 2 N–H and O–H groups in total. The third-order valence-electron chi connectivity index (χ3n) is 3.35. The van der Waals surface area contributed by atoms with Crippen LogP contribution in [0.5, 0.6) is 0 Å². The number of rotatable bonds is 2. The number of nitrogens with zero attached hydrogens (tertiary/aromatic N) is 1. The van der Waals surface area contributed by atoms with Gasteiger partial charge in [-0.25, -0.2) is 4.79 Å². The smallest absolute Gasteiger partial charge is 0.337 e. The van der Waals surface area contributed by atoms with Crippen LogP contribution < -0.4 is 5.43 Å². The Balaban J connectivity index is 2.64. The molecule has 0 saturated heterocycles. The van der Waals surface area contributed by atoms with Crippen molar-refractivity contribution in [3.05, 3.63) is 61.3 Å². The maximum Gasteiger partial charge on any atom is 0.337 e. The maximum atomic E-state index is 12.5. The van der Waals surface area contributed by atoms with Gasteiger partial charge in [-0.15, -0.1) is 0 Å². The Morgan fingerprint density at radius 1 is 1.23 bits per heavy atom. The molecule has 22 heavy (non-hydrogen) atoms. The largest absolute Gasteiger partial charge is 0.478 e. The highest BCUT2D eigenvalue weighted by atomic mass is 35.5. The molecule has 110 valence electrons. The Kier molecular flexibility index (Phi) is 3.07. The first-order valence-corrected chi connectivity index (χ1v) is 6.44. The van der Waals surface area contributed by atoms with Gasteiger partial charge in [-0.05, 0) is 18.2 Å². The van der Waals surface area contributed by atoms with Gasteiger partial charge in [0.05, 0.1) is 31.8 Å². The fourth-order valence-electron chi connectivity index (χ4n) is 2.38. The van der Waals surface area contributed by atoms with Crippen LogP contribution in [0.3, 0.4) is 0 Å². The molecule has 0 radical (unpaired) electrons. The van der Waals surface area contributed by atoms with E-state index in [0.717, 1.165) is 0 Å². The third kappa shape index (κ3) is 1.91. The summed E-state index contributed by atoms with van der Waals surface area (Å²) >= 11 is 5.99. The van der Waals surface area contributed by atoms with Crippen LogP contribution in [-0.2, 0) is 0 Å². The highest BCUT2D eigenvalue weighted by Crippen LogP contribution is 2.28. The zero-order valence-electron chi connectivity index (χ0n) is 10.8. The monoisotopic (exact) mass is 318 g/mol. The number of carboxylic acids is 1. The lowest BCUT2D eigenvalue weighted by atomic mass is 10.1. The van der Waals surface area contributed by atoms with Crippen LogP contribution in [0.4, 0.5) is 5.69 Å². The second-order valence-corrected chi connectivity index (χ2v) is 4.97. The topological polar surface area (TPSA) is 113 Å². The van der Waals surface area contributed by atoms with Crippen LogP contribution >= 0.6 is 11.6 Å². The first kappa shape index (κ1) is 14.0. The summed E-state index contributed by atoms with van der Waals surface area (Å²) in [6.45, 7) is 0. The minimum Gasteiger partial charge on any atom is -0.478 e. The second kappa shape index (κ2) is 4.81. The van der Waals surface area contributed by atoms with E-state index < -0.39 is 16.3 Å². The molecule has 8 heteroatoms. The number of carboxylic acid groups (broad SMARTS) is 1. The van der Waals surface area contributed by atoms with Crippen LogP contribution in [0, 0.1) is 10.1 Å². The lowest BCUT2D eigenvalue weighted by molar-refractivity contribution is -0.383. The van der Waals surface area contributed by atoms with Gasteiger partial charge in [0.2, 0.25) is 0 Å². The second-order valence-electron chi connectivity index (χ2n) is 4.56. The third-order valence-corrected chi connectivity index (χ3v) is 3.66. The number of non-ortho nitro benzene ring substituents is 1. The van der Waals surface area contributed by atoms with Crippen molar-refractivity contribution in [2.24, 2.45) is 0 Å². The number of H-pyrrole nitrogens is 1. The van der Waals surface area contributed by atoms with E-state index in [1.54, 1.807) is 0 Å². The van der Waals surface area contributed by atoms with Crippen molar-refractivity contribution in [2.45, 2.75) is 0 Å². The van der Waals surface area contributed by atoms with Gasteiger partial charge in [0.15, 0.2) is 5.43 Å². The summed E-state index contributed by atoms with van der Waals surface area (Å²) in [5.41, 5.74) is -1.12. The van der Waals surface area contributed by atoms with E-state index in [2.05, 4.69) is 4.98 Å².